The summed E-state index contributed by atoms with van der Waals surface area (Å²) in [4.78, 5) is 34.1. The van der Waals surface area contributed by atoms with Gasteiger partial charge in [0, 0.05) is 4.88 Å². The maximum Gasteiger partial charge on any atom is 0.297 e. The normalized spacial score (nSPS) is 15.6. The zero-order valence-corrected chi connectivity index (χ0v) is 17.4. The highest BCUT2D eigenvalue weighted by Crippen LogP contribution is 2.43. The monoisotopic (exact) mass is 418 g/mol. The van der Waals surface area contributed by atoms with Gasteiger partial charge in [0.1, 0.15) is 11.3 Å². The maximum absolute atomic E-state index is 13.5. The molecule has 0 N–H and O–H groups in total. The van der Waals surface area contributed by atoms with Gasteiger partial charge in [-0.25, -0.2) is 4.98 Å². The summed E-state index contributed by atoms with van der Waals surface area (Å²) in [6, 6.07) is 13.7. The lowest BCUT2D eigenvalue weighted by Gasteiger charge is -2.22. The van der Waals surface area contributed by atoms with Crippen LogP contribution in [0.5, 0.6) is 5.75 Å². The van der Waals surface area contributed by atoms with Crippen molar-refractivity contribution in [1.29, 1.82) is 0 Å². The van der Waals surface area contributed by atoms with Crippen LogP contribution in [0.15, 0.2) is 57.7 Å². The van der Waals surface area contributed by atoms with E-state index in [4.69, 9.17) is 9.15 Å². The Kier molecular flexibility index (Phi) is 4.22. The van der Waals surface area contributed by atoms with Gasteiger partial charge >= 0.3 is 0 Å². The van der Waals surface area contributed by atoms with Crippen LogP contribution >= 0.6 is 11.3 Å². The van der Waals surface area contributed by atoms with Crippen molar-refractivity contribution in [2.75, 3.05) is 12.0 Å². The van der Waals surface area contributed by atoms with Gasteiger partial charge in [-0.3, -0.25) is 14.5 Å². The van der Waals surface area contributed by atoms with Crippen molar-refractivity contribution in [3.05, 3.63) is 86.2 Å². The second kappa shape index (κ2) is 6.81. The molecule has 150 valence electrons. The summed E-state index contributed by atoms with van der Waals surface area (Å²) in [5, 5.41) is 0.989. The van der Waals surface area contributed by atoms with E-state index in [2.05, 4.69) is 4.98 Å². The van der Waals surface area contributed by atoms with Gasteiger partial charge in [0.2, 0.25) is 5.76 Å². The lowest BCUT2D eigenvalue weighted by molar-refractivity contribution is 0.0971. The molecule has 5 rings (SSSR count). The number of amides is 1. The molecule has 4 aromatic rings. The van der Waals surface area contributed by atoms with Crippen LogP contribution in [-0.2, 0) is 0 Å². The third kappa shape index (κ3) is 2.66. The quantitative estimate of drug-likeness (QED) is 0.485. The third-order valence-electron chi connectivity index (χ3n) is 5.41. The molecule has 7 heteroatoms. The van der Waals surface area contributed by atoms with E-state index in [0.717, 1.165) is 16.1 Å². The first-order valence-corrected chi connectivity index (χ1v) is 10.3. The average Bonchev–Trinajstić information content (AvgIpc) is 3.24. The number of nitrogens with zero attached hydrogens (tertiary/aromatic N) is 2. The van der Waals surface area contributed by atoms with Gasteiger partial charge in [-0.1, -0.05) is 24.3 Å². The minimum atomic E-state index is -0.645. The van der Waals surface area contributed by atoms with Crippen LogP contribution in [0, 0.1) is 13.8 Å². The number of hydrogen-bond acceptors (Lipinski definition) is 6. The van der Waals surface area contributed by atoms with Crippen molar-refractivity contribution in [2.45, 2.75) is 19.9 Å². The Hall–Kier alpha value is -3.45. The highest BCUT2D eigenvalue weighted by atomic mass is 32.1. The number of carbonyl (C=O) groups excluding carboxylic acids is 1. The molecule has 0 saturated carbocycles. The zero-order chi connectivity index (χ0) is 21.0. The number of thiazole rings is 1. The van der Waals surface area contributed by atoms with Crippen molar-refractivity contribution in [3.8, 4) is 5.75 Å². The number of carbonyl (C=O) groups is 1. The summed E-state index contributed by atoms with van der Waals surface area (Å²) in [6.07, 6.45) is 0. The Morgan fingerprint density at radius 1 is 1.10 bits per heavy atom. The van der Waals surface area contributed by atoms with Gasteiger partial charge in [0.05, 0.1) is 29.8 Å². The summed E-state index contributed by atoms with van der Waals surface area (Å²) in [6.45, 7) is 3.86. The van der Waals surface area contributed by atoms with E-state index < -0.39 is 6.04 Å². The Balaban J connectivity index is 1.82. The first-order chi connectivity index (χ1) is 14.5. The number of aryl methyl sites for hydroxylation is 2. The SMILES string of the molecule is COc1cccc(C2c3c(oc4ccccc4c3=O)C(=O)N2c2nc(C)c(C)s2)c1. The molecule has 1 aliphatic heterocycles. The van der Waals surface area contributed by atoms with Crippen LogP contribution in [0.4, 0.5) is 5.13 Å². The van der Waals surface area contributed by atoms with Crippen molar-refractivity contribution in [1.82, 2.24) is 4.98 Å². The largest absolute Gasteiger partial charge is 0.497 e. The fourth-order valence-electron chi connectivity index (χ4n) is 3.80. The molecule has 0 radical (unpaired) electrons. The Morgan fingerprint density at radius 3 is 2.63 bits per heavy atom. The summed E-state index contributed by atoms with van der Waals surface area (Å²) in [5.74, 6) is 0.344. The lowest BCUT2D eigenvalue weighted by atomic mass is 9.98. The van der Waals surface area contributed by atoms with E-state index in [9.17, 15) is 9.59 Å². The van der Waals surface area contributed by atoms with Gasteiger partial charge < -0.3 is 9.15 Å². The summed E-state index contributed by atoms with van der Waals surface area (Å²) >= 11 is 1.42. The number of methoxy groups -OCH3 is 1. The number of benzene rings is 2. The number of hydrogen-bond donors (Lipinski definition) is 0. The van der Waals surface area contributed by atoms with Gasteiger partial charge in [0.25, 0.3) is 5.91 Å². The summed E-state index contributed by atoms with van der Waals surface area (Å²) in [7, 11) is 1.58. The van der Waals surface area contributed by atoms with Gasteiger partial charge in [0.15, 0.2) is 10.6 Å². The number of rotatable bonds is 3. The molecule has 0 fully saturated rings. The van der Waals surface area contributed by atoms with Crippen LogP contribution in [0.3, 0.4) is 0 Å². The first-order valence-electron chi connectivity index (χ1n) is 9.47. The molecule has 3 heterocycles. The van der Waals surface area contributed by atoms with E-state index in [1.165, 1.54) is 11.3 Å². The third-order valence-corrected chi connectivity index (χ3v) is 6.48. The molecule has 2 aromatic carbocycles. The molecule has 1 aliphatic rings. The molecule has 1 amide bonds. The highest BCUT2D eigenvalue weighted by Gasteiger charge is 2.45. The Labute approximate surface area is 176 Å². The minimum Gasteiger partial charge on any atom is -0.497 e. The van der Waals surface area contributed by atoms with Gasteiger partial charge in [-0.05, 0) is 43.7 Å². The molecular weight excluding hydrogens is 400 g/mol. The van der Waals surface area contributed by atoms with Crippen molar-refractivity contribution in [2.24, 2.45) is 0 Å². The van der Waals surface area contributed by atoms with Crippen LogP contribution in [0.2, 0.25) is 0 Å². The van der Waals surface area contributed by atoms with Crippen molar-refractivity contribution in [3.63, 3.8) is 0 Å². The molecule has 1 unspecified atom stereocenters. The molecule has 0 saturated heterocycles. The van der Waals surface area contributed by atoms with E-state index in [1.807, 2.05) is 38.1 Å². The zero-order valence-electron chi connectivity index (χ0n) is 16.6. The molecule has 0 aliphatic carbocycles. The van der Waals surface area contributed by atoms with E-state index in [-0.39, 0.29) is 17.1 Å². The maximum atomic E-state index is 13.5. The number of para-hydroxylation sites is 1. The second-order valence-electron chi connectivity index (χ2n) is 7.16. The Bertz CT molecular complexity index is 1350. The van der Waals surface area contributed by atoms with Crippen LogP contribution in [0.25, 0.3) is 11.0 Å². The van der Waals surface area contributed by atoms with E-state index in [1.54, 1.807) is 36.3 Å². The molecule has 30 heavy (non-hydrogen) atoms. The van der Waals surface area contributed by atoms with Crippen LogP contribution < -0.4 is 15.1 Å². The summed E-state index contributed by atoms with van der Waals surface area (Å²) in [5.41, 5.74) is 2.13. The molecule has 1 atom stereocenters. The number of fused-ring (bicyclic) bond motifs is 2. The smallest absolute Gasteiger partial charge is 0.297 e. The van der Waals surface area contributed by atoms with Crippen molar-refractivity contribution >= 4 is 33.3 Å². The molecule has 2 aromatic heterocycles. The molecular formula is C23H18N2O4S. The highest BCUT2D eigenvalue weighted by molar-refractivity contribution is 7.15. The number of aromatic nitrogens is 1. The second-order valence-corrected chi connectivity index (χ2v) is 8.34. The first kappa shape index (κ1) is 18.6. The molecule has 6 nitrogen and oxygen atoms in total. The average molecular weight is 418 g/mol. The predicted molar refractivity (Wildman–Crippen MR) is 116 cm³/mol. The summed E-state index contributed by atoms with van der Waals surface area (Å²) < 4.78 is 11.3. The molecule has 0 spiro atoms. The fourth-order valence-corrected chi connectivity index (χ4v) is 4.74. The van der Waals surface area contributed by atoms with E-state index >= 15 is 0 Å². The number of ether oxygens (including phenoxy) is 1. The predicted octanol–water partition coefficient (Wildman–Crippen LogP) is 4.62. The lowest BCUT2D eigenvalue weighted by Crippen LogP contribution is -2.29. The van der Waals surface area contributed by atoms with Crippen LogP contribution in [0.1, 0.15) is 38.3 Å². The standard InChI is InChI=1S/C23H18N2O4S/c1-12-13(2)30-23(24-12)25-19(14-7-6-8-15(11-14)28-3)18-20(26)16-9-4-5-10-17(16)29-21(18)22(25)27/h4-11,19H,1-3H3. The van der Waals surface area contributed by atoms with Gasteiger partial charge in [-0.15, -0.1) is 11.3 Å². The van der Waals surface area contributed by atoms with E-state index in [0.29, 0.717) is 27.4 Å². The van der Waals surface area contributed by atoms with Crippen molar-refractivity contribution < 1.29 is 13.9 Å². The fraction of sp³-hybridized carbons (Fsp3) is 0.174. The topological polar surface area (TPSA) is 72.6 Å². The van der Waals surface area contributed by atoms with Crippen LogP contribution in [-0.4, -0.2) is 18.0 Å². The molecule has 0 bridgehead atoms. The number of anilines is 1. The Morgan fingerprint density at radius 2 is 1.90 bits per heavy atom. The van der Waals surface area contributed by atoms with Gasteiger partial charge in [-0.2, -0.15) is 0 Å². The minimum absolute atomic E-state index is 0.0667.